The highest BCUT2D eigenvalue weighted by Gasteiger charge is 2.36. The molecule has 2 unspecified atom stereocenters. The van der Waals surface area contributed by atoms with Crippen LogP contribution >= 0.6 is 0 Å². The highest BCUT2D eigenvalue weighted by atomic mass is 32.2. The first-order chi connectivity index (χ1) is 13.6. The smallest absolute Gasteiger partial charge is 0.243 e. The maximum atomic E-state index is 12.8. The number of carbonyl (C=O) groups excluding carboxylic acids is 1. The molecule has 0 spiro atoms. The molecule has 154 valence electrons. The molecule has 0 aromatic heterocycles. The van der Waals surface area contributed by atoms with Crippen molar-refractivity contribution in [3.8, 4) is 0 Å². The second kappa shape index (κ2) is 8.51. The van der Waals surface area contributed by atoms with E-state index in [1.807, 2.05) is 17.0 Å². The molecule has 28 heavy (non-hydrogen) atoms. The van der Waals surface area contributed by atoms with E-state index in [0.29, 0.717) is 44.0 Å². The molecule has 2 atom stereocenters. The Morgan fingerprint density at radius 3 is 2.46 bits per heavy atom. The van der Waals surface area contributed by atoms with Crippen molar-refractivity contribution in [2.75, 3.05) is 26.2 Å². The summed E-state index contributed by atoms with van der Waals surface area (Å²) in [7, 11) is -3.37. The van der Waals surface area contributed by atoms with Crippen molar-refractivity contribution >= 4 is 15.9 Å². The van der Waals surface area contributed by atoms with Gasteiger partial charge in [0.05, 0.1) is 23.6 Å². The Balaban J connectivity index is 1.35. The van der Waals surface area contributed by atoms with Crippen molar-refractivity contribution in [1.29, 1.82) is 0 Å². The molecule has 1 aromatic carbocycles. The van der Waals surface area contributed by atoms with Crippen LogP contribution < -0.4 is 0 Å². The van der Waals surface area contributed by atoms with Gasteiger partial charge in [0, 0.05) is 26.1 Å². The fourth-order valence-electron chi connectivity index (χ4n) is 4.71. The molecule has 2 heterocycles. The zero-order valence-corrected chi connectivity index (χ0v) is 17.2. The van der Waals surface area contributed by atoms with Crippen molar-refractivity contribution in [2.24, 2.45) is 0 Å². The van der Waals surface area contributed by atoms with Crippen molar-refractivity contribution in [3.63, 3.8) is 0 Å². The first-order valence-corrected chi connectivity index (χ1v) is 12.0. The zero-order valence-electron chi connectivity index (χ0n) is 16.4. The van der Waals surface area contributed by atoms with Crippen molar-refractivity contribution in [2.45, 2.75) is 68.4 Å². The van der Waals surface area contributed by atoms with Crippen molar-refractivity contribution in [3.05, 3.63) is 29.8 Å². The van der Waals surface area contributed by atoms with Crippen LogP contribution in [0.5, 0.6) is 0 Å². The van der Waals surface area contributed by atoms with E-state index < -0.39 is 10.0 Å². The molecular formula is C21H30N2O4S. The molecule has 2 saturated heterocycles. The lowest BCUT2D eigenvalue weighted by Crippen LogP contribution is -2.54. The molecular weight excluding hydrogens is 376 g/mol. The van der Waals surface area contributed by atoms with Crippen LogP contribution in [-0.4, -0.2) is 61.9 Å². The van der Waals surface area contributed by atoms with Gasteiger partial charge >= 0.3 is 0 Å². The summed E-state index contributed by atoms with van der Waals surface area (Å²) < 4.78 is 32.6. The summed E-state index contributed by atoms with van der Waals surface area (Å²) in [4.78, 5) is 15.2. The molecule has 7 heteroatoms. The van der Waals surface area contributed by atoms with Gasteiger partial charge in [-0.3, -0.25) is 4.79 Å². The first-order valence-electron chi connectivity index (χ1n) is 10.6. The average Bonchev–Trinajstić information content (AvgIpc) is 3.28. The summed E-state index contributed by atoms with van der Waals surface area (Å²) in [5.74, 6) is 0.189. The molecule has 1 saturated carbocycles. The third-order valence-corrected chi connectivity index (χ3v) is 8.22. The van der Waals surface area contributed by atoms with E-state index in [4.69, 9.17) is 4.74 Å². The number of carbonyl (C=O) groups is 1. The molecule has 2 aliphatic heterocycles. The minimum atomic E-state index is -3.37. The van der Waals surface area contributed by atoms with E-state index in [0.717, 1.165) is 31.2 Å². The Labute approximate surface area is 167 Å². The van der Waals surface area contributed by atoms with Crippen molar-refractivity contribution < 1.29 is 17.9 Å². The zero-order chi connectivity index (χ0) is 19.6. The lowest BCUT2D eigenvalue weighted by Gasteiger charge is -2.43. The molecule has 0 bridgehead atoms. The van der Waals surface area contributed by atoms with Gasteiger partial charge in [0.25, 0.3) is 0 Å². The fraction of sp³-hybridized carbons (Fsp3) is 0.667. The van der Waals surface area contributed by atoms with Gasteiger partial charge in [-0.2, -0.15) is 4.31 Å². The molecule has 3 aliphatic rings. The highest BCUT2D eigenvalue weighted by molar-refractivity contribution is 7.89. The van der Waals surface area contributed by atoms with Gasteiger partial charge in [-0.25, -0.2) is 8.42 Å². The van der Waals surface area contributed by atoms with E-state index in [1.165, 1.54) is 12.8 Å². The van der Waals surface area contributed by atoms with Crippen LogP contribution in [0.3, 0.4) is 0 Å². The second-order valence-corrected chi connectivity index (χ2v) is 10.0. The molecule has 6 nitrogen and oxygen atoms in total. The van der Waals surface area contributed by atoms with Crippen LogP contribution in [0.15, 0.2) is 29.2 Å². The van der Waals surface area contributed by atoms with E-state index in [-0.39, 0.29) is 18.1 Å². The number of amides is 1. The SMILES string of the molecule is O=C(CCc1ccc(S(=O)(=O)N2CCCC2)cc1)N1CCOC2CCCCC21. The average molecular weight is 407 g/mol. The first kappa shape index (κ1) is 19.9. The van der Waals surface area contributed by atoms with Gasteiger partial charge in [-0.1, -0.05) is 25.0 Å². The van der Waals surface area contributed by atoms with E-state index in [9.17, 15) is 13.2 Å². The Hall–Kier alpha value is -1.44. The van der Waals surface area contributed by atoms with Crippen LogP contribution in [0.2, 0.25) is 0 Å². The predicted molar refractivity (Wildman–Crippen MR) is 106 cm³/mol. The summed E-state index contributed by atoms with van der Waals surface area (Å²) in [6.45, 7) is 2.55. The number of benzene rings is 1. The normalized spacial score (nSPS) is 26.2. The number of aryl methyl sites for hydroxylation is 1. The standard InChI is InChI=1S/C21H30N2O4S/c24-21(23-15-16-27-20-6-2-1-5-19(20)23)12-9-17-7-10-18(11-8-17)28(25,26)22-13-3-4-14-22/h7-8,10-11,19-20H,1-6,9,12-16H2. The maximum absolute atomic E-state index is 12.8. The lowest BCUT2D eigenvalue weighted by atomic mass is 9.90. The molecule has 1 amide bonds. The van der Waals surface area contributed by atoms with E-state index in [1.54, 1.807) is 16.4 Å². The largest absolute Gasteiger partial charge is 0.374 e. The van der Waals surface area contributed by atoms with E-state index in [2.05, 4.69) is 0 Å². The second-order valence-electron chi connectivity index (χ2n) is 8.10. The monoisotopic (exact) mass is 406 g/mol. The number of sulfonamides is 1. The predicted octanol–water partition coefficient (Wildman–Crippen LogP) is 2.57. The number of hydrogen-bond acceptors (Lipinski definition) is 4. The Bertz CT molecular complexity index is 785. The maximum Gasteiger partial charge on any atom is 0.243 e. The van der Waals surface area contributed by atoms with Gasteiger partial charge < -0.3 is 9.64 Å². The van der Waals surface area contributed by atoms with Gasteiger partial charge in [0.1, 0.15) is 0 Å². The van der Waals surface area contributed by atoms with Gasteiger partial charge in [-0.15, -0.1) is 0 Å². The van der Waals surface area contributed by atoms with Gasteiger partial charge in [0.15, 0.2) is 0 Å². The third-order valence-electron chi connectivity index (χ3n) is 6.31. The van der Waals surface area contributed by atoms with Crippen LogP contribution in [0.1, 0.15) is 50.5 Å². The summed E-state index contributed by atoms with van der Waals surface area (Å²) in [6, 6.07) is 7.29. The van der Waals surface area contributed by atoms with Gasteiger partial charge in [-0.05, 0) is 49.8 Å². The number of nitrogens with zero attached hydrogens (tertiary/aromatic N) is 2. The van der Waals surface area contributed by atoms with Crippen molar-refractivity contribution in [1.82, 2.24) is 9.21 Å². The molecule has 4 rings (SSSR count). The Kier molecular flexibility index (Phi) is 6.04. The van der Waals surface area contributed by atoms with E-state index >= 15 is 0 Å². The summed E-state index contributed by atoms with van der Waals surface area (Å²) >= 11 is 0. The fourth-order valence-corrected chi connectivity index (χ4v) is 6.22. The van der Waals surface area contributed by atoms with Crippen LogP contribution in [-0.2, 0) is 26.0 Å². The Morgan fingerprint density at radius 1 is 1.00 bits per heavy atom. The minimum absolute atomic E-state index is 0.189. The highest BCUT2D eigenvalue weighted by Crippen LogP contribution is 2.29. The van der Waals surface area contributed by atoms with Gasteiger partial charge in [0.2, 0.25) is 15.9 Å². The Morgan fingerprint density at radius 2 is 1.71 bits per heavy atom. The molecule has 3 fully saturated rings. The summed E-state index contributed by atoms with van der Waals surface area (Å²) in [6.07, 6.45) is 7.63. The molecule has 1 aliphatic carbocycles. The number of fused-ring (bicyclic) bond motifs is 1. The van der Waals surface area contributed by atoms with Crippen LogP contribution in [0.4, 0.5) is 0 Å². The number of ether oxygens (including phenoxy) is 1. The topological polar surface area (TPSA) is 66.9 Å². The summed E-state index contributed by atoms with van der Waals surface area (Å²) in [5.41, 5.74) is 1.00. The number of rotatable bonds is 5. The van der Waals surface area contributed by atoms with Crippen LogP contribution in [0, 0.1) is 0 Å². The molecule has 0 N–H and O–H groups in total. The third kappa shape index (κ3) is 4.11. The molecule has 0 radical (unpaired) electrons. The summed E-state index contributed by atoms with van der Waals surface area (Å²) in [5, 5.41) is 0. The molecule has 1 aromatic rings. The number of morpholine rings is 1. The quantitative estimate of drug-likeness (QED) is 0.754. The number of hydrogen-bond donors (Lipinski definition) is 0. The van der Waals surface area contributed by atoms with Crippen LogP contribution in [0.25, 0.3) is 0 Å². The lowest BCUT2D eigenvalue weighted by molar-refractivity contribution is -0.149. The minimum Gasteiger partial charge on any atom is -0.374 e.